The molecule has 172 valence electrons. The Morgan fingerprint density at radius 3 is 2.00 bits per heavy atom. The summed E-state index contributed by atoms with van der Waals surface area (Å²) in [5.41, 5.74) is 0.424. The van der Waals surface area contributed by atoms with Crippen LogP contribution in [0.15, 0.2) is 23.3 Å². The average molecular weight is 457 g/mol. The number of benzene rings is 1. The van der Waals surface area contributed by atoms with Crippen LogP contribution < -0.4 is 15.1 Å². The normalized spacial score (nSPS) is 13.6. The molecule has 0 aliphatic carbocycles. The number of hydrogen-bond donors (Lipinski definition) is 1. The number of ether oxygens (including phenoxy) is 1. The number of alkyl halides is 10. The Balaban J connectivity index is 3.17. The zero-order valence-electron chi connectivity index (χ0n) is 15.5. The van der Waals surface area contributed by atoms with Crippen LogP contribution in [0.4, 0.5) is 49.6 Å². The molecule has 0 spiro atoms. The number of anilines is 1. The van der Waals surface area contributed by atoms with Crippen molar-refractivity contribution in [2.45, 2.75) is 38.2 Å². The number of nitrogens with zero attached hydrogens (tertiary/aromatic N) is 2. The summed E-state index contributed by atoms with van der Waals surface area (Å²) < 4.78 is 130. The van der Waals surface area contributed by atoms with Crippen molar-refractivity contribution in [1.29, 1.82) is 0 Å². The maximum absolute atomic E-state index is 13.2. The molecule has 0 aromatic heterocycles. The second-order valence-corrected chi connectivity index (χ2v) is 5.81. The predicted octanol–water partition coefficient (Wildman–Crippen LogP) is 5.19. The first-order chi connectivity index (χ1) is 13.6. The molecule has 0 unspecified atom stereocenters. The van der Waals surface area contributed by atoms with Crippen molar-refractivity contribution in [1.82, 2.24) is 5.43 Å². The van der Waals surface area contributed by atoms with E-state index in [9.17, 15) is 43.9 Å². The van der Waals surface area contributed by atoms with Gasteiger partial charge < -0.3 is 9.64 Å². The van der Waals surface area contributed by atoms with E-state index in [1.165, 1.54) is 6.07 Å². The summed E-state index contributed by atoms with van der Waals surface area (Å²) >= 11 is 0. The quantitative estimate of drug-likeness (QED) is 0.240. The van der Waals surface area contributed by atoms with Gasteiger partial charge in [-0.2, -0.15) is 49.0 Å². The van der Waals surface area contributed by atoms with Crippen LogP contribution in [0.5, 0.6) is 5.75 Å². The number of hydrazone groups is 1. The third-order valence-corrected chi connectivity index (χ3v) is 3.68. The van der Waals surface area contributed by atoms with Crippen LogP contribution in [0.1, 0.15) is 19.4 Å². The van der Waals surface area contributed by atoms with Gasteiger partial charge in [-0.15, -0.1) is 0 Å². The maximum atomic E-state index is 13.2. The van der Waals surface area contributed by atoms with Crippen LogP contribution in [0.2, 0.25) is 0 Å². The van der Waals surface area contributed by atoms with Crippen molar-refractivity contribution in [2.75, 3.05) is 24.6 Å². The molecule has 0 atom stereocenters. The largest absolute Gasteiger partial charge is 0.483 e. The summed E-state index contributed by atoms with van der Waals surface area (Å²) in [7, 11) is 0. The highest BCUT2D eigenvalue weighted by atomic mass is 19.4. The molecule has 4 nitrogen and oxygen atoms in total. The lowest BCUT2D eigenvalue weighted by Crippen LogP contribution is -2.58. The number of nitrogens with one attached hydrogen (secondary N) is 1. The van der Waals surface area contributed by atoms with Crippen LogP contribution in [0.3, 0.4) is 0 Å². The van der Waals surface area contributed by atoms with E-state index in [1.807, 2.05) is 0 Å². The molecule has 0 amide bonds. The van der Waals surface area contributed by atoms with Gasteiger partial charge in [0.1, 0.15) is 5.75 Å². The van der Waals surface area contributed by atoms with E-state index in [-0.39, 0.29) is 5.56 Å². The van der Waals surface area contributed by atoms with Crippen LogP contribution in [-0.4, -0.2) is 50.2 Å². The summed E-state index contributed by atoms with van der Waals surface area (Å²) in [5, 5.41) is 2.63. The fourth-order valence-electron chi connectivity index (χ4n) is 2.13. The molecule has 1 N–H and O–H groups in total. The molecule has 0 aliphatic heterocycles. The molecule has 0 saturated heterocycles. The predicted molar refractivity (Wildman–Crippen MR) is 88.2 cm³/mol. The van der Waals surface area contributed by atoms with Crippen LogP contribution in [-0.2, 0) is 0 Å². The smallest absolute Gasteiger partial charge is 0.462 e. The molecule has 1 aromatic rings. The molecule has 0 fully saturated rings. The molecule has 0 radical (unpaired) electrons. The van der Waals surface area contributed by atoms with Gasteiger partial charge >= 0.3 is 24.3 Å². The monoisotopic (exact) mass is 457 g/mol. The minimum atomic E-state index is -6.56. The molecule has 14 heteroatoms. The lowest BCUT2D eigenvalue weighted by molar-refractivity contribution is -0.361. The summed E-state index contributed by atoms with van der Waals surface area (Å²) in [6.07, 6.45) is -11.0. The second kappa shape index (κ2) is 9.16. The summed E-state index contributed by atoms with van der Waals surface area (Å²) in [6.45, 7) is 2.67. The fraction of sp³-hybridized carbons (Fsp3) is 0.562. The maximum Gasteiger partial charge on any atom is 0.462 e. The molecule has 1 rings (SSSR count). The Bertz CT molecular complexity index is 727. The molecule has 1 aromatic carbocycles. The van der Waals surface area contributed by atoms with Gasteiger partial charge in [-0.3, -0.25) is 0 Å². The van der Waals surface area contributed by atoms with Crippen molar-refractivity contribution in [2.24, 2.45) is 5.10 Å². The van der Waals surface area contributed by atoms with Crippen molar-refractivity contribution in [3.05, 3.63) is 23.8 Å². The first-order valence-corrected chi connectivity index (χ1v) is 8.26. The highest BCUT2D eigenvalue weighted by Gasteiger charge is 2.73. The standard InChI is InChI=1S/C16H17F10N3O/c1-3-29(4-2)11-6-5-10(12(7-11)30-9-13(17,18)19)8-27-28-16(25,26)14(20,21)15(22,23)24/h5-8,28H,3-4,9H2,1-2H3/b27-8+. The minimum Gasteiger partial charge on any atom is -0.483 e. The first-order valence-electron chi connectivity index (χ1n) is 8.26. The number of rotatable bonds is 9. The van der Waals surface area contributed by atoms with Gasteiger partial charge in [-0.1, -0.05) is 0 Å². The van der Waals surface area contributed by atoms with Gasteiger partial charge in [0.2, 0.25) is 0 Å². The van der Waals surface area contributed by atoms with Gasteiger partial charge in [0, 0.05) is 30.4 Å². The second-order valence-electron chi connectivity index (χ2n) is 5.81. The molecule has 0 saturated carbocycles. The van der Waals surface area contributed by atoms with Crippen molar-refractivity contribution >= 4 is 11.9 Å². The topological polar surface area (TPSA) is 36.9 Å². The molecular weight excluding hydrogens is 440 g/mol. The van der Waals surface area contributed by atoms with E-state index >= 15 is 0 Å². The Hall–Kier alpha value is -2.41. The average Bonchev–Trinajstić information content (AvgIpc) is 2.60. The first kappa shape index (κ1) is 25.6. The van der Waals surface area contributed by atoms with E-state index < -0.39 is 36.7 Å². The minimum absolute atomic E-state index is 0.345. The molecular formula is C16H17F10N3O. The van der Waals surface area contributed by atoms with E-state index in [1.54, 1.807) is 18.7 Å². The SMILES string of the molecule is CCN(CC)c1ccc(/C=N/NC(F)(F)C(F)(F)C(F)(F)F)c(OCC(F)(F)F)c1. The van der Waals surface area contributed by atoms with E-state index in [0.29, 0.717) is 30.4 Å². The Morgan fingerprint density at radius 1 is 0.967 bits per heavy atom. The number of halogens is 10. The fourth-order valence-corrected chi connectivity index (χ4v) is 2.13. The Kier molecular flexibility index (Phi) is 7.83. The molecule has 0 aliphatic rings. The third-order valence-electron chi connectivity index (χ3n) is 3.68. The van der Waals surface area contributed by atoms with Crippen LogP contribution in [0, 0.1) is 0 Å². The van der Waals surface area contributed by atoms with Gasteiger partial charge in [0.05, 0.1) is 6.21 Å². The van der Waals surface area contributed by atoms with Gasteiger partial charge in [-0.05, 0) is 26.0 Å². The molecule has 0 bridgehead atoms. The van der Waals surface area contributed by atoms with Gasteiger partial charge in [0.25, 0.3) is 0 Å². The van der Waals surface area contributed by atoms with Crippen molar-refractivity contribution < 1.29 is 48.6 Å². The Morgan fingerprint density at radius 2 is 1.53 bits per heavy atom. The van der Waals surface area contributed by atoms with Crippen molar-refractivity contribution in [3.8, 4) is 5.75 Å². The van der Waals surface area contributed by atoms with Gasteiger partial charge in [0.15, 0.2) is 6.61 Å². The lowest BCUT2D eigenvalue weighted by Gasteiger charge is -2.27. The van der Waals surface area contributed by atoms with Gasteiger partial charge in [-0.25, -0.2) is 5.43 Å². The van der Waals surface area contributed by atoms with E-state index in [2.05, 4.69) is 9.84 Å². The summed E-state index contributed by atoms with van der Waals surface area (Å²) in [4.78, 5) is 1.71. The highest BCUT2D eigenvalue weighted by molar-refractivity contribution is 5.84. The third kappa shape index (κ3) is 6.29. The summed E-state index contributed by atoms with van der Waals surface area (Å²) in [6, 6.07) is -2.24. The van der Waals surface area contributed by atoms with E-state index in [0.717, 1.165) is 12.1 Å². The van der Waals surface area contributed by atoms with Crippen LogP contribution >= 0.6 is 0 Å². The lowest BCUT2D eigenvalue weighted by atomic mass is 10.1. The molecule has 30 heavy (non-hydrogen) atoms. The zero-order chi connectivity index (χ0) is 23.4. The molecule has 0 heterocycles. The summed E-state index contributed by atoms with van der Waals surface area (Å²) in [5.74, 6) is -6.94. The van der Waals surface area contributed by atoms with Crippen LogP contribution in [0.25, 0.3) is 0 Å². The highest BCUT2D eigenvalue weighted by Crippen LogP contribution is 2.45. The Labute approximate surface area is 164 Å². The number of hydrogen-bond acceptors (Lipinski definition) is 4. The zero-order valence-corrected chi connectivity index (χ0v) is 15.5. The van der Waals surface area contributed by atoms with E-state index in [4.69, 9.17) is 0 Å². The van der Waals surface area contributed by atoms with Crippen molar-refractivity contribution in [3.63, 3.8) is 0 Å².